The molecule has 1 atom stereocenters. The Hall–Kier alpha value is -0.650. The van der Waals surface area contributed by atoms with Gasteiger partial charge in [-0.2, -0.15) is 0 Å². The quantitative estimate of drug-likeness (QED) is 0.768. The highest BCUT2D eigenvalue weighted by molar-refractivity contribution is 7.98. The number of nitrogens with one attached hydrogen (secondary N) is 2. The summed E-state index contributed by atoms with van der Waals surface area (Å²) in [5.41, 5.74) is 1.06. The molecule has 0 saturated carbocycles. The molecule has 88 valence electrons. The van der Waals surface area contributed by atoms with Gasteiger partial charge in [0.15, 0.2) is 0 Å². The van der Waals surface area contributed by atoms with Crippen molar-refractivity contribution >= 4 is 11.8 Å². The fraction of sp³-hybridized carbons (Fsp3) is 0.636. The lowest BCUT2D eigenvalue weighted by molar-refractivity contribution is 0.386. The van der Waals surface area contributed by atoms with Crippen LogP contribution in [0.5, 0.6) is 0 Å². The van der Waals surface area contributed by atoms with Crippen LogP contribution in [-0.2, 0) is 6.54 Å². The minimum atomic E-state index is 0.575. The molecular weight excluding hydrogens is 220 g/mol. The summed E-state index contributed by atoms with van der Waals surface area (Å²) in [7, 11) is 0. The number of nitrogens with zero attached hydrogens (tertiary/aromatic N) is 2. The summed E-state index contributed by atoms with van der Waals surface area (Å²) >= 11 is 1.65. The highest BCUT2D eigenvalue weighted by Gasteiger charge is 2.13. The molecule has 4 nitrogen and oxygen atoms in total. The first-order valence-corrected chi connectivity index (χ1v) is 6.90. The number of hydrogen-bond donors (Lipinski definition) is 2. The Morgan fingerprint density at radius 3 is 3.12 bits per heavy atom. The van der Waals surface area contributed by atoms with Gasteiger partial charge in [-0.15, -0.1) is 11.8 Å². The van der Waals surface area contributed by atoms with Crippen molar-refractivity contribution in [3.63, 3.8) is 0 Å². The molecule has 0 bridgehead atoms. The number of thioether (sulfide) groups is 1. The lowest BCUT2D eigenvalue weighted by atomic mass is 10.1. The second-order valence-corrected chi connectivity index (χ2v) is 4.73. The van der Waals surface area contributed by atoms with Gasteiger partial charge in [-0.3, -0.25) is 4.98 Å². The predicted octanol–water partition coefficient (Wildman–Crippen LogP) is 1.04. The van der Waals surface area contributed by atoms with E-state index in [1.807, 2.05) is 6.26 Å². The van der Waals surface area contributed by atoms with Crippen LogP contribution in [0.4, 0.5) is 0 Å². The molecular formula is C11H18N4S. The molecule has 2 N–H and O–H groups in total. The average molecular weight is 238 g/mol. The molecule has 0 aromatic carbocycles. The fourth-order valence-corrected chi connectivity index (χ4v) is 2.44. The summed E-state index contributed by atoms with van der Waals surface area (Å²) in [4.78, 5) is 8.67. The zero-order valence-electron chi connectivity index (χ0n) is 9.57. The molecule has 0 spiro atoms. The van der Waals surface area contributed by atoms with Gasteiger partial charge < -0.3 is 10.6 Å². The van der Waals surface area contributed by atoms with Gasteiger partial charge in [-0.05, 0) is 25.6 Å². The molecule has 0 amide bonds. The Kier molecular flexibility index (Phi) is 4.56. The van der Waals surface area contributed by atoms with Gasteiger partial charge in [0.1, 0.15) is 5.03 Å². The minimum absolute atomic E-state index is 0.575. The van der Waals surface area contributed by atoms with Crippen LogP contribution in [0.2, 0.25) is 0 Å². The fourth-order valence-electron chi connectivity index (χ4n) is 1.91. The van der Waals surface area contributed by atoms with E-state index in [0.29, 0.717) is 6.04 Å². The van der Waals surface area contributed by atoms with Crippen molar-refractivity contribution in [1.29, 1.82) is 0 Å². The molecule has 5 heteroatoms. The van der Waals surface area contributed by atoms with Crippen LogP contribution >= 0.6 is 11.8 Å². The molecule has 0 radical (unpaired) electrons. The summed E-state index contributed by atoms with van der Waals surface area (Å²) in [6.45, 7) is 3.03. The number of piperidine rings is 1. The van der Waals surface area contributed by atoms with Crippen molar-refractivity contribution in [2.24, 2.45) is 0 Å². The van der Waals surface area contributed by atoms with Gasteiger partial charge in [0, 0.05) is 31.5 Å². The monoisotopic (exact) mass is 238 g/mol. The molecule has 1 saturated heterocycles. The highest BCUT2D eigenvalue weighted by atomic mass is 32.2. The van der Waals surface area contributed by atoms with E-state index in [0.717, 1.165) is 30.4 Å². The topological polar surface area (TPSA) is 49.8 Å². The smallest absolute Gasteiger partial charge is 0.119 e. The van der Waals surface area contributed by atoms with Gasteiger partial charge in [0.25, 0.3) is 0 Å². The lowest BCUT2D eigenvalue weighted by Crippen LogP contribution is -2.42. The third kappa shape index (κ3) is 3.17. The van der Waals surface area contributed by atoms with Crippen molar-refractivity contribution in [2.75, 3.05) is 19.3 Å². The largest absolute Gasteiger partial charge is 0.315 e. The normalized spacial score (nSPS) is 20.9. The van der Waals surface area contributed by atoms with Crippen molar-refractivity contribution in [3.05, 3.63) is 18.1 Å². The maximum atomic E-state index is 4.37. The van der Waals surface area contributed by atoms with Crippen molar-refractivity contribution in [1.82, 2.24) is 20.6 Å². The SMILES string of the molecule is CSc1nccnc1CN[C@@H]1CCCNC1. The van der Waals surface area contributed by atoms with Crippen LogP contribution < -0.4 is 10.6 Å². The Morgan fingerprint density at radius 2 is 2.38 bits per heavy atom. The van der Waals surface area contributed by atoms with Crippen LogP contribution in [0.15, 0.2) is 17.4 Å². The zero-order chi connectivity index (χ0) is 11.2. The van der Waals surface area contributed by atoms with Gasteiger partial charge in [0.05, 0.1) is 5.69 Å². The molecule has 1 aromatic heterocycles. The van der Waals surface area contributed by atoms with Gasteiger partial charge in [0.2, 0.25) is 0 Å². The van der Waals surface area contributed by atoms with Crippen molar-refractivity contribution in [2.45, 2.75) is 30.5 Å². The molecule has 16 heavy (non-hydrogen) atoms. The average Bonchev–Trinajstić information content (AvgIpc) is 2.38. The van der Waals surface area contributed by atoms with Gasteiger partial charge in [-0.25, -0.2) is 4.98 Å². The summed E-state index contributed by atoms with van der Waals surface area (Å²) in [6, 6.07) is 0.575. The van der Waals surface area contributed by atoms with E-state index < -0.39 is 0 Å². The Balaban J connectivity index is 1.88. The van der Waals surface area contributed by atoms with Gasteiger partial charge >= 0.3 is 0 Å². The van der Waals surface area contributed by atoms with Crippen molar-refractivity contribution in [3.8, 4) is 0 Å². The Morgan fingerprint density at radius 1 is 1.50 bits per heavy atom. The first-order valence-electron chi connectivity index (χ1n) is 5.68. The van der Waals surface area contributed by atoms with Crippen LogP contribution in [-0.4, -0.2) is 35.4 Å². The maximum absolute atomic E-state index is 4.37. The number of aromatic nitrogens is 2. The molecule has 1 aliphatic heterocycles. The van der Waals surface area contributed by atoms with E-state index in [2.05, 4.69) is 20.6 Å². The van der Waals surface area contributed by atoms with E-state index in [-0.39, 0.29) is 0 Å². The molecule has 0 unspecified atom stereocenters. The minimum Gasteiger partial charge on any atom is -0.315 e. The third-order valence-electron chi connectivity index (χ3n) is 2.78. The standard InChI is InChI=1S/C11H18N4S/c1-16-11-10(13-5-6-14-11)8-15-9-3-2-4-12-7-9/h5-6,9,12,15H,2-4,7-8H2,1H3/t9-/m1/s1. The van der Waals surface area contributed by atoms with E-state index >= 15 is 0 Å². The zero-order valence-corrected chi connectivity index (χ0v) is 10.4. The van der Waals surface area contributed by atoms with E-state index in [9.17, 15) is 0 Å². The lowest BCUT2D eigenvalue weighted by Gasteiger charge is -2.23. The van der Waals surface area contributed by atoms with Crippen LogP contribution in [0.25, 0.3) is 0 Å². The summed E-state index contributed by atoms with van der Waals surface area (Å²) in [5, 5.41) is 7.96. The number of rotatable bonds is 4. The third-order valence-corrected chi connectivity index (χ3v) is 3.51. The molecule has 2 rings (SSSR count). The van der Waals surface area contributed by atoms with E-state index in [4.69, 9.17) is 0 Å². The van der Waals surface area contributed by atoms with Crippen LogP contribution in [0, 0.1) is 0 Å². The van der Waals surface area contributed by atoms with E-state index in [1.54, 1.807) is 24.2 Å². The maximum Gasteiger partial charge on any atom is 0.119 e. The molecule has 1 fully saturated rings. The summed E-state index contributed by atoms with van der Waals surface area (Å²) in [6.07, 6.45) is 8.05. The Bertz CT molecular complexity index is 326. The molecule has 1 aromatic rings. The second-order valence-electron chi connectivity index (χ2n) is 3.94. The van der Waals surface area contributed by atoms with Crippen LogP contribution in [0.1, 0.15) is 18.5 Å². The predicted molar refractivity (Wildman–Crippen MR) is 66.5 cm³/mol. The van der Waals surface area contributed by atoms with Crippen LogP contribution in [0.3, 0.4) is 0 Å². The number of hydrogen-bond acceptors (Lipinski definition) is 5. The van der Waals surface area contributed by atoms with Gasteiger partial charge in [-0.1, -0.05) is 0 Å². The first kappa shape index (κ1) is 11.8. The molecule has 1 aliphatic rings. The second kappa shape index (κ2) is 6.18. The Labute approximate surface area is 101 Å². The summed E-state index contributed by atoms with van der Waals surface area (Å²) < 4.78 is 0. The molecule has 0 aliphatic carbocycles. The highest BCUT2D eigenvalue weighted by Crippen LogP contribution is 2.14. The molecule has 2 heterocycles. The first-order chi connectivity index (χ1) is 7.90. The van der Waals surface area contributed by atoms with Crippen molar-refractivity contribution < 1.29 is 0 Å². The summed E-state index contributed by atoms with van der Waals surface area (Å²) in [5.74, 6) is 0. The van der Waals surface area contributed by atoms with E-state index in [1.165, 1.54) is 12.8 Å².